The van der Waals surface area contributed by atoms with Crippen molar-refractivity contribution in [2.75, 3.05) is 31.1 Å². The summed E-state index contributed by atoms with van der Waals surface area (Å²) in [5.74, 6) is 0. The van der Waals surface area contributed by atoms with E-state index in [2.05, 4.69) is 41.4 Å². The van der Waals surface area contributed by atoms with Gasteiger partial charge in [-0.15, -0.1) is 0 Å². The zero-order valence-corrected chi connectivity index (χ0v) is 9.82. The van der Waals surface area contributed by atoms with E-state index in [1.807, 2.05) is 0 Å². The van der Waals surface area contributed by atoms with Crippen molar-refractivity contribution >= 4 is 5.69 Å². The summed E-state index contributed by atoms with van der Waals surface area (Å²) in [4.78, 5) is 2.28. The van der Waals surface area contributed by atoms with Gasteiger partial charge in [-0.3, -0.25) is 0 Å². The second-order valence-corrected chi connectivity index (χ2v) is 4.29. The lowest BCUT2D eigenvalue weighted by atomic mass is 10.2. The maximum atomic E-state index is 9.86. The fourth-order valence-electron chi connectivity index (χ4n) is 2.23. The number of hydrogen-bond acceptors (Lipinski definition) is 3. The van der Waals surface area contributed by atoms with E-state index in [9.17, 15) is 5.11 Å². The van der Waals surface area contributed by atoms with Gasteiger partial charge in [0.05, 0.1) is 6.10 Å². The molecule has 0 saturated heterocycles. The summed E-state index contributed by atoms with van der Waals surface area (Å²) < 4.78 is 0. The van der Waals surface area contributed by atoms with Crippen LogP contribution >= 0.6 is 0 Å². The molecule has 1 unspecified atom stereocenters. The maximum Gasteiger partial charge on any atom is 0.0839 e. The lowest BCUT2D eigenvalue weighted by Crippen LogP contribution is -2.37. The Morgan fingerprint density at radius 3 is 3.06 bits per heavy atom. The molecule has 0 aromatic heterocycles. The Kier molecular flexibility index (Phi) is 3.80. The predicted molar refractivity (Wildman–Crippen MR) is 66.9 cm³/mol. The van der Waals surface area contributed by atoms with Crippen LogP contribution in [0.15, 0.2) is 24.3 Å². The van der Waals surface area contributed by atoms with E-state index in [0.717, 1.165) is 26.1 Å². The zero-order valence-electron chi connectivity index (χ0n) is 9.82. The van der Waals surface area contributed by atoms with Crippen LogP contribution in [0.5, 0.6) is 0 Å². The number of nitrogens with zero attached hydrogens (tertiary/aromatic N) is 1. The molecule has 0 saturated carbocycles. The fraction of sp³-hybridized carbons (Fsp3) is 0.538. The molecule has 16 heavy (non-hydrogen) atoms. The summed E-state index contributed by atoms with van der Waals surface area (Å²) in [6.45, 7) is 5.40. The van der Waals surface area contributed by atoms with Gasteiger partial charge in [-0.2, -0.15) is 0 Å². The molecule has 0 aliphatic carbocycles. The van der Waals surface area contributed by atoms with Crippen molar-refractivity contribution in [3.63, 3.8) is 0 Å². The van der Waals surface area contributed by atoms with Crippen LogP contribution < -0.4 is 10.2 Å². The van der Waals surface area contributed by atoms with Gasteiger partial charge in [0.25, 0.3) is 0 Å². The summed E-state index contributed by atoms with van der Waals surface area (Å²) in [7, 11) is 0. The van der Waals surface area contributed by atoms with Crippen LogP contribution in [0.2, 0.25) is 0 Å². The van der Waals surface area contributed by atoms with E-state index in [4.69, 9.17) is 0 Å². The normalized spacial score (nSPS) is 16.2. The largest absolute Gasteiger partial charge is 0.390 e. The molecule has 88 valence electrons. The summed E-state index contributed by atoms with van der Waals surface area (Å²) in [5.41, 5.74) is 2.69. The highest BCUT2D eigenvalue weighted by Crippen LogP contribution is 2.27. The van der Waals surface area contributed by atoms with Crippen LogP contribution in [0.1, 0.15) is 12.5 Å². The van der Waals surface area contributed by atoms with Gasteiger partial charge < -0.3 is 15.3 Å². The lowest BCUT2D eigenvalue weighted by Gasteiger charge is -2.23. The summed E-state index contributed by atoms with van der Waals surface area (Å²) in [6.07, 6.45) is 0.815. The van der Waals surface area contributed by atoms with Gasteiger partial charge in [0.2, 0.25) is 0 Å². The molecule has 0 bridgehead atoms. The number of benzene rings is 1. The SMILES string of the molecule is CCNCC(O)CN1CCc2ccccc21. The van der Waals surface area contributed by atoms with E-state index < -0.39 is 0 Å². The Hall–Kier alpha value is -1.06. The Morgan fingerprint density at radius 2 is 2.25 bits per heavy atom. The van der Waals surface area contributed by atoms with Gasteiger partial charge in [0, 0.05) is 25.3 Å². The minimum atomic E-state index is -0.286. The highest BCUT2D eigenvalue weighted by molar-refractivity contribution is 5.57. The standard InChI is InChI=1S/C13H20N2O/c1-2-14-9-12(16)10-15-8-7-11-5-3-4-6-13(11)15/h3-6,12,14,16H,2,7-10H2,1H3. The molecule has 1 aliphatic heterocycles. The predicted octanol–water partition coefficient (Wildman–Crippen LogP) is 1.02. The minimum Gasteiger partial charge on any atom is -0.390 e. The summed E-state index contributed by atoms with van der Waals surface area (Å²) in [6, 6.07) is 8.46. The van der Waals surface area contributed by atoms with Gasteiger partial charge in [0.1, 0.15) is 0 Å². The van der Waals surface area contributed by atoms with Crippen molar-refractivity contribution in [3.05, 3.63) is 29.8 Å². The number of anilines is 1. The van der Waals surface area contributed by atoms with Crippen molar-refractivity contribution in [1.82, 2.24) is 5.32 Å². The first-order valence-corrected chi connectivity index (χ1v) is 6.03. The molecule has 3 heteroatoms. The number of aliphatic hydroxyl groups excluding tert-OH is 1. The molecule has 0 spiro atoms. The van der Waals surface area contributed by atoms with Gasteiger partial charge in [-0.05, 0) is 24.6 Å². The maximum absolute atomic E-state index is 9.86. The van der Waals surface area contributed by atoms with Crippen LogP contribution in [-0.4, -0.2) is 37.4 Å². The number of nitrogens with one attached hydrogen (secondary N) is 1. The number of hydrogen-bond donors (Lipinski definition) is 2. The van der Waals surface area contributed by atoms with Gasteiger partial charge in [0.15, 0.2) is 0 Å². The third-order valence-electron chi connectivity index (χ3n) is 3.04. The third kappa shape index (κ3) is 2.54. The Labute approximate surface area is 97.1 Å². The smallest absolute Gasteiger partial charge is 0.0839 e. The molecule has 2 rings (SSSR count). The Morgan fingerprint density at radius 1 is 1.44 bits per heavy atom. The van der Waals surface area contributed by atoms with Gasteiger partial charge in [-0.25, -0.2) is 0 Å². The average molecular weight is 220 g/mol. The quantitative estimate of drug-likeness (QED) is 0.777. The first-order valence-electron chi connectivity index (χ1n) is 6.03. The van der Waals surface area contributed by atoms with Gasteiger partial charge in [-0.1, -0.05) is 25.1 Å². The number of aliphatic hydroxyl groups is 1. The molecule has 1 aliphatic rings. The number of likely N-dealkylation sites (N-methyl/N-ethyl adjacent to an activating group) is 1. The average Bonchev–Trinajstić information content (AvgIpc) is 2.70. The second-order valence-electron chi connectivity index (χ2n) is 4.29. The van der Waals surface area contributed by atoms with E-state index in [-0.39, 0.29) is 6.10 Å². The molecular weight excluding hydrogens is 200 g/mol. The molecular formula is C13H20N2O. The highest BCUT2D eigenvalue weighted by Gasteiger charge is 2.20. The summed E-state index contributed by atoms with van der Waals surface area (Å²) in [5, 5.41) is 13.0. The highest BCUT2D eigenvalue weighted by atomic mass is 16.3. The lowest BCUT2D eigenvalue weighted by molar-refractivity contribution is 0.178. The van der Waals surface area contributed by atoms with E-state index in [1.54, 1.807) is 0 Å². The second kappa shape index (κ2) is 5.32. The van der Waals surface area contributed by atoms with Crippen molar-refractivity contribution in [3.8, 4) is 0 Å². The number of β-amino-alcohol motifs (C(OH)–C–C–N with tert-alkyl or cyclic N) is 1. The van der Waals surface area contributed by atoms with Crippen LogP contribution in [0.3, 0.4) is 0 Å². The number of para-hydroxylation sites is 1. The monoisotopic (exact) mass is 220 g/mol. The Bertz CT molecular complexity index is 340. The Balaban J connectivity index is 1.92. The van der Waals surface area contributed by atoms with E-state index >= 15 is 0 Å². The number of rotatable bonds is 5. The van der Waals surface area contributed by atoms with Crippen molar-refractivity contribution < 1.29 is 5.11 Å². The molecule has 1 heterocycles. The number of fused-ring (bicyclic) bond motifs is 1. The molecule has 0 fully saturated rings. The van der Waals surface area contributed by atoms with E-state index in [0.29, 0.717) is 6.54 Å². The molecule has 0 amide bonds. The van der Waals surface area contributed by atoms with Crippen LogP contribution in [0.25, 0.3) is 0 Å². The minimum absolute atomic E-state index is 0.286. The van der Waals surface area contributed by atoms with Crippen LogP contribution in [0, 0.1) is 0 Å². The van der Waals surface area contributed by atoms with Crippen molar-refractivity contribution in [2.45, 2.75) is 19.4 Å². The van der Waals surface area contributed by atoms with Gasteiger partial charge >= 0.3 is 0 Å². The van der Waals surface area contributed by atoms with E-state index in [1.165, 1.54) is 11.3 Å². The molecule has 0 radical (unpaired) electrons. The van der Waals surface area contributed by atoms with Crippen molar-refractivity contribution in [2.24, 2.45) is 0 Å². The van der Waals surface area contributed by atoms with Crippen LogP contribution in [0.4, 0.5) is 5.69 Å². The summed E-state index contributed by atoms with van der Waals surface area (Å²) >= 11 is 0. The molecule has 1 aromatic carbocycles. The van der Waals surface area contributed by atoms with Crippen LogP contribution in [-0.2, 0) is 6.42 Å². The fourth-order valence-corrected chi connectivity index (χ4v) is 2.23. The zero-order chi connectivity index (χ0) is 11.4. The molecule has 1 aromatic rings. The third-order valence-corrected chi connectivity index (χ3v) is 3.04. The van der Waals surface area contributed by atoms with Crippen molar-refractivity contribution in [1.29, 1.82) is 0 Å². The topological polar surface area (TPSA) is 35.5 Å². The molecule has 1 atom stereocenters. The molecule has 2 N–H and O–H groups in total. The first-order chi connectivity index (χ1) is 7.81. The first kappa shape index (κ1) is 11.4. The molecule has 3 nitrogen and oxygen atoms in total.